The summed E-state index contributed by atoms with van der Waals surface area (Å²) in [6, 6.07) is 7.21. The predicted molar refractivity (Wildman–Crippen MR) is 110 cm³/mol. The molecule has 0 saturated carbocycles. The molecule has 1 aromatic heterocycles. The lowest BCUT2D eigenvalue weighted by Crippen LogP contribution is -2.41. The number of hydrogen-bond donors (Lipinski definition) is 1. The van der Waals surface area contributed by atoms with Gasteiger partial charge in [-0.25, -0.2) is 13.2 Å². The van der Waals surface area contributed by atoms with Gasteiger partial charge in [0.25, 0.3) is 0 Å². The molecular formula is C18H25ClN2O4S2. The van der Waals surface area contributed by atoms with Gasteiger partial charge in [-0.05, 0) is 37.9 Å². The third-order valence-corrected chi connectivity index (χ3v) is 8.04. The molecule has 1 saturated heterocycles. The van der Waals surface area contributed by atoms with Gasteiger partial charge in [0.1, 0.15) is 9.77 Å². The number of esters is 1. The van der Waals surface area contributed by atoms with Crippen LogP contribution in [0.15, 0.2) is 29.2 Å². The molecule has 1 aromatic carbocycles. The number of rotatable bonds is 6. The SMILES string of the molecule is CCNCC1CCN(S(=O)(=O)c2c(C(=O)OC)sc3ccccc23)CC1.Cl. The Kier molecular flexibility index (Phi) is 7.64. The Labute approximate surface area is 170 Å². The van der Waals surface area contributed by atoms with Crippen LogP contribution < -0.4 is 5.32 Å². The van der Waals surface area contributed by atoms with Crippen LogP contribution in [0, 0.1) is 5.92 Å². The molecule has 0 spiro atoms. The lowest BCUT2D eigenvalue weighted by atomic mass is 9.98. The van der Waals surface area contributed by atoms with E-state index >= 15 is 0 Å². The Bertz CT molecular complexity index is 890. The molecule has 1 fully saturated rings. The number of ether oxygens (including phenoxy) is 1. The highest BCUT2D eigenvalue weighted by molar-refractivity contribution is 7.89. The fraction of sp³-hybridized carbons (Fsp3) is 0.500. The van der Waals surface area contributed by atoms with E-state index in [4.69, 9.17) is 4.74 Å². The normalized spacial score (nSPS) is 16.2. The van der Waals surface area contributed by atoms with Crippen LogP contribution in [0.4, 0.5) is 0 Å². The molecule has 3 rings (SSSR count). The number of benzene rings is 1. The molecule has 0 amide bonds. The Morgan fingerprint density at radius 1 is 1.30 bits per heavy atom. The molecule has 27 heavy (non-hydrogen) atoms. The monoisotopic (exact) mass is 432 g/mol. The molecule has 0 atom stereocenters. The molecular weight excluding hydrogens is 408 g/mol. The average molecular weight is 433 g/mol. The zero-order valence-electron chi connectivity index (χ0n) is 15.4. The summed E-state index contributed by atoms with van der Waals surface area (Å²) in [6.45, 7) is 4.85. The van der Waals surface area contributed by atoms with Crippen molar-refractivity contribution in [2.75, 3.05) is 33.3 Å². The largest absolute Gasteiger partial charge is 0.465 e. The van der Waals surface area contributed by atoms with Crippen LogP contribution in [0.3, 0.4) is 0 Å². The van der Waals surface area contributed by atoms with Crippen LogP contribution in [0.1, 0.15) is 29.4 Å². The Hall–Kier alpha value is -1.19. The second-order valence-corrected chi connectivity index (χ2v) is 9.33. The molecule has 150 valence electrons. The van der Waals surface area contributed by atoms with Crippen molar-refractivity contribution in [2.45, 2.75) is 24.7 Å². The first-order chi connectivity index (χ1) is 12.5. The van der Waals surface area contributed by atoms with Crippen molar-refractivity contribution in [3.63, 3.8) is 0 Å². The molecule has 0 aliphatic carbocycles. The number of halogens is 1. The van der Waals surface area contributed by atoms with Gasteiger partial charge >= 0.3 is 5.97 Å². The van der Waals surface area contributed by atoms with Crippen molar-refractivity contribution in [1.82, 2.24) is 9.62 Å². The standard InChI is InChI=1S/C18H24N2O4S2.ClH/c1-3-19-12-13-8-10-20(11-9-13)26(22,23)17-14-6-4-5-7-15(14)25-16(17)18(21)24-2;/h4-7,13,19H,3,8-12H2,1-2H3;1H. The van der Waals surface area contributed by atoms with E-state index in [9.17, 15) is 13.2 Å². The van der Waals surface area contributed by atoms with Crippen LogP contribution in [-0.2, 0) is 14.8 Å². The lowest BCUT2D eigenvalue weighted by molar-refractivity contribution is 0.0602. The first-order valence-electron chi connectivity index (χ1n) is 8.79. The molecule has 0 unspecified atom stereocenters. The third kappa shape index (κ3) is 4.46. The van der Waals surface area contributed by atoms with Gasteiger partial charge in [0, 0.05) is 23.2 Å². The van der Waals surface area contributed by atoms with Gasteiger partial charge in [-0.3, -0.25) is 0 Å². The maximum absolute atomic E-state index is 13.3. The van der Waals surface area contributed by atoms with Gasteiger partial charge in [-0.1, -0.05) is 25.1 Å². The second kappa shape index (κ2) is 9.34. The number of piperidine rings is 1. The van der Waals surface area contributed by atoms with Crippen molar-refractivity contribution in [1.29, 1.82) is 0 Å². The van der Waals surface area contributed by atoms with E-state index in [1.54, 1.807) is 12.1 Å². The van der Waals surface area contributed by atoms with Crippen molar-refractivity contribution < 1.29 is 17.9 Å². The van der Waals surface area contributed by atoms with Gasteiger partial charge in [-0.15, -0.1) is 23.7 Å². The second-order valence-electron chi connectivity index (χ2n) is 6.40. The number of nitrogens with zero attached hydrogens (tertiary/aromatic N) is 1. The average Bonchev–Trinajstić information content (AvgIpc) is 3.06. The minimum absolute atomic E-state index is 0. The molecule has 9 heteroatoms. The quantitative estimate of drug-likeness (QED) is 0.710. The number of sulfonamides is 1. The molecule has 0 radical (unpaired) electrons. The fourth-order valence-corrected chi connectivity index (χ4v) is 6.58. The van der Waals surface area contributed by atoms with Crippen LogP contribution in [0.2, 0.25) is 0 Å². The summed E-state index contributed by atoms with van der Waals surface area (Å²) in [6.07, 6.45) is 1.64. The first kappa shape index (κ1) is 22.1. The Balaban J connectivity index is 0.00000261. The molecule has 2 heterocycles. The van der Waals surface area contributed by atoms with Crippen LogP contribution in [-0.4, -0.2) is 52.0 Å². The maximum atomic E-state index is 13.3. The number of methoxy groups -OCH3 is 1. The van der Waals surface area contributed by atoms with Crippen molar-refractivity contribution in [3.05, 3.63) is 29.1 Å². The summed E-state index contributed by atoms with van der Waals surface area (Å²) < 4.78 is 33.8. The van der Waals surface area contributed by atoms with Crippen LogP contribution in [0.25, 0.3) is 10.1 Å². The first-order valence-corrected chi connectivity index (χ1v) is 11.1. The summed E-state index contributed by atoms with van der Waals surface area (Å²) in [5.41, 5.74) is 0. The van der Waals surface area contributed by atoms with Crippen LogP contribution >= 0.6 is 23.7 Å². The molecule has 6 nitrogen and oxygen atoms in total. The van der Waals surface area contributed by atoms with E-state index in [1.165, 1.54) is 22.8 Å². The molecule has 2 aromatic rings. The highest BCUT2D eigenvalue weighted by Crippen LogP contribution is 2.37. The molecule has 1 N–H and O–H groups in total. The van der Waals surface area contributed by atoms with E-state index < -0.39 is 16.0 Å². The van der Waals surface area contributed by atoms with Crippen molar-refractivity contribution >= 4 is 49.8 Å². The van der Waals surface area contributed by atoms with E-state index in [2.05, 4.69) is 12.2 Å². The summed E-state index contributed by atoms with van der Waals surface area (Å²) in [5, 5.41) is 3.92. The number of carbonyl (C=O) groups excluding carboxylic acids is 1. The number of thiophene rings is 1. The summed E-state index contributed by atoms with van der Waals surface area (Å²) >= 11 is 1.17. The minimum atomic E-state index is -3.75. The number of carbonyl (C=O) groups is 1. The van der Waals surface area contributed by atoms with Gasteiger partial charge < -0.3 is 10.1 Å². The maximum Gasteiger partial charge on any atom is 0.349 e. The van der Waals surface area contributed by atoms with E-state index in [1.807, 2.05) is 12.1 Å². The number of hydrogen-bond acceptors (Lipinski definition) is 6. The lowest BCUT2D eigenvalue weighted by Gasteiger charge is -2.31. The topological polar surface area (TPSA) is 75.7 Å². The zero-order chi connectivity index (χ0) is 18.7. The summed E-state index contributed by atoms with van der Waals surface area (Å²) in [5.74, 6) is -0.118. The van der Waals surface area contributed by atoms with Crippen LogP contribution in [0.5, 0.6) is 0 Å². The van der Waals surface area contributed by atoms with Crippen molar-refractivity contribution in [2.24, 2.45) is 5.92 Å². The number of fused-ring (bicyclic) bond motifs is 1. The van der Waals surface area contributed by atoms with E-state index in [-0.39, 0.29) is 22.2 Å². The third-order valence-electron chi connectivity index (χ3n) is 4.78. The van der Waals surface area contributed by atoms with Gasteiger partial charge in [0.05, 0.1) is 7.11 Å². The Morgan fingerprint density at radius 3 is 2.59 bits per heavy atom. The predicted octanol–water partition coefficient (Wildman–Crippen LogP) is 3.12. The summed E-state index contributed by atoms with van der Waals surface area (Å²) in [4.78, 5) is 12.4. The smallest absolute Gasteiger partial charge is 0.349 e. The molecule has 1 aliphatic rings. The van der Waals surface area contributed by atoms with E-state index in [0.717, 1.165) is 30.6 Å². The number of nitrogens with one attached hydrogen (secondary N) is 1. The molecule has 1 aliphatic heterocycles. The van der Waals surface area contributed by atoms with Crippen molar-refractivity contribution in [3.8, 4) is 0 Å². The van der Waals surface area contributed by atoms with Gasteiger partial charge in [-0.2, -0.15) is 4.31 Å². The van der Waals surface area contributed by atoms with Gasteiger partial charge in [0.2, 0.25) is 10.0 Å². The summed E-state index contributed by atoms with van der Waals surface area (Å²) in [7, 11) is -2.48. The fourth-order valence-electron chi connectivity index (χ4n) is 3.34. The zero-order valence-corrected chi connectivity index (χ0v) is 17.9. The van der Waals surface area contributed by atoms with E-state index in [0.29, 0.717) is 24.4 Å². The molecule has 0 bridgehead atoms. The Morgan fingerprint density at radius 2 is 1.96 bits per heavy atom. The van der Waals surface area contributed by atoms with Gasteiger partial charge in [0.15, 0.2) is 0 Å². The highest BCUT2D eigenvalue weighted by Gasteiger charge is 2.35. The minimum Gasteiger partial charge on any atom is -0.465 e. The highest BCUT2D eigenvalue weighted by atomic mass is 35.5.